The zero-order valence-electron chi connectivity index (χ0n) is 19.4. The predicted molar refractivity (Wildman–Crippen MR) is 134 cm³/mol. The minimum absolute atomic E-state index is 0.178. The van der Waals surface area contributed by atoms with Crippen molar-refractivity contribution in [3.8, 4) is 0 Å². The molecule has 0 radical (unpaired) electrons. The Labute approximate surface area is 199 Å². The van der Waals surface area contributed by atoms with Crippen molar-refractivity contribution >= 4 is 22.9 Å². The molecular weight excluding hydrogens is 431 g/mol. The highest BCUT2D eigenvalue weighted by atomic mass is 32.1. The van der Waals surface area contributed by atoms with E-state index in [0.717, 1.165) is 62.5 Å². The van der Waals surface area contributed by atoms with Gasteiger partial charge < -0.3 is 10.2 Å². The molecule has 1 fully saturated rings. The van der Waals surface area contributed by atoms with Crippen LogP contribution in [-0.2, 0) is 19.3 Å². The predicted octanol–water partition coefficient (Wildman–Crippen LogP) is 5.37. The van der Waals surface area contributed by atoms with Crippen LogP contribution >= 0.6 is 11.3 Å². The molecule has 0 unspecified atom stereocenters. The van der Waals surface area contributed by atoms with Crippen molar-refractivity contribution in [2.45, 2.75) is 45.6 Å². The molecule has 0 bridgehead atoms. The van der Waals surface area contributed by atoms with Gasteiger partial charge in [0, 0.05) is 43.4 Å². The first-order valence-electron chi connectivity index (χ1n) is 11.9. The molecule has 0 aliphatic carbocycles. The number of nitrogens with zero attached hydrogens (tertiary/aromatic N) is 3. The average Bonchev–Trinajstić information content (AvgIpc) is 3.12. The number of piperazine rings is 1. The lowest BCUT2D eigenvalue weighted by Gasteiger charge is -2.35. The minimum Gasteiger partial charge on any atom is -0.352 e. The maximum absolute atomic E-state index is 13.2. The first kappa shape index (κ1) is 22.2. The van der Waals surface area contributed by atoms with Crippen molar-refractivity contribution in [3.63, 3.8) is 0 Å². The summed E-state index contributed by atoms with van der Waals surface area (Å²) in [5, 5.41) is 4.88. The van der Waals surface area contributed by atoms with Gasteiger partial charge in [-0.3, -0.25) is 0 Å². The van der Waals surface area contributed by atoms with Crippen molar-refractivity contribution in [2.75, 3.05) is 19.6 Å². The summed E-state index contributed by atoms with van der Waals surface area (Å²) in [5.41, 5.74) is 4.59. The maximum Gasteiger partial charge on any atom is 0.156 e. The first-order chi connectivity index (χ1) is 16.0. The lowest BCUT2D eigenvalue weighted by atomic mass is 10.0. The number of amidine groups is 1. The van der Waals surface area contributed by atoms with E-state index in [-0.39, 0.29) is 5.82 Å². The van der Waals surface area contributed by atoms with Gasteiger partial charge in [-0.1, -0.05) is 44.2 Å². The number of thiazole rings is 1. The Balaban J connectivity index is 1.39. The van der Waals surface area contributed by atoms with Gasteiger partial charge in [0.1, 0.15) is 11.5 Å². The molecule has 0 amide bonds. The molecule has 2 aliphatic rings. The number of aromatic nitrogens is 1. The molecule has 1 atom stereocenters. The number of para-hydroxylation sites is 1. The fourth-order valence-electron chi connectivity index (χ4n) is 4.66. The normalized spacial score (nSPS) is 18.0. The van der Waals surface area contributed by atoms with Gasteiger partial charge in [-0.15, -0.1) is 11.3 Å². The maximum atomic E-state index is 13.2. The second-order valence-corrected chi connectivity index (χ2v) is 10.6. The number of halogens is 1. The van der Waals surface area contributed by atoms with Gasteiger partial charge in [0.2, 0.25) is 0 Å². The van der Waals surface area contributed by atoms with Gasteiger partial charge in [-0.2, -0.15) is 0 Å². The Hall–Kier alpha value is -2.57. The summed E-state index contributed by atoms with van der Waals surface area (Å²) in [5.74, 6) is 1.43. The van der Waals surface area contributed by atoms with Crippen molar-refractivity contribution in [2.24, 2.45) is 10.9 Å². The van der Waals surface area contributed by atoms with Crippen LogP contribution in [0.25, 0.3) is 0 Å². The number of fused-ring (bicyclic) bond motifs is 2. The van der Waals surface area contributed by atoms with Crippen molar-refractivity contribution in [3.05, 3.63) is 81.1 Å². The van der Waals surface area contributed by atoms with E-state index < -0.39 is 0 Å². The highest BCUT2D eigenvalue weighted by Gasteiger charge is 2.29. The molecule has 6 heteroatoms. The molecule has 0 saturated carbocycles. The fraction of sp³-hybridized carbons (Fsp3) is 0.407. The molecule has 1 aromatic heterocycles. The van der Waals surface area contributed by atoms with Gasteiger partial charge in [-0.05, 0) is 48.1 Å². The van der Waals surface area contributed by atoms with Gasteiger partial charge >= 0.3 is 0 Å². The third-order valence-electron chi connectivity index (χ3n) is 6.36. The highest BCUT2D eigenvalue weighted by Crippen LogP contribution is 2.33. The molecule has 4 nitrogen and oxygen atoms in total. The van der Waals surface area contributed by atoms with Crippen LogP contribution in [0.1, 0.15) is 47.0 Å². The molecule has 0 spiro atoms. The molecular formula is C27H31FN4S. The van der Waals surface area contributed by atoms with E-state index in [0.29, 0.717) is 12.0 Å². The zero-order chi connectivity index (χ0) is 22.8. The minimum atomic E-state index is -0.178. The SMILES string of the molecule is CC(C)Cc1nc2c(s1)Cc1ccccc1N=C2N1CCN[C@@H](CCc2ccc(F)cc2)C1. The van der Waals surface area contributed by atoms with Crippen LogP contribution in [0, 0.1) is 11.7 Å². The zero-order valence-corrected chi connectivity index (χ0v) is 20.2. The number of aryl methyl sites for hydroxylation is 1. The number of rotatable bonds is 5. The number of nitrogens with one attached hydrogen (secondary N) is 1. The second-order valence-electron chi connectivity index (χ2n) is 9.48. The summed E-state index contributed by atoms with van der Waals surface area (Å²) in [4.78, 5) is 14.0. The van der Waals surface area contributed by atoms with Crippen LogP contribution in [-0.4, -0.2) is 41.4 Å². The van der Waals surface area contributed by atoms with Crippen molar-refractivity contribution in [1.29, 1.82) is 0 Å². The average molecular weight is 463 g/mol. The number of benzene rings is 2. The second kappa shape index (κ2) is 9.74. The van der Waals surface area contributed by atoms with Crippen molar-refractivity contribution < 1.29 is 4.39 Å². The molecule has 1 saturated heterocycles. The summed E-state index contributed by atoms with van der Waals surface area (Å²) < 4.78 is 13.2. The van der Waals surface area contributed by atoms with Crippen LogP contribution in [0.15, 0.2) is 53.5 Å². The molecule has 2 aromatic carbocycles. The molecule has 3 aromatic rings. The van der Waals surface area contributed by atoms with E-state index in [1.54, 1.807) is 12.1 Å². The van der Waals surface area contributed by atoms with Crippen LogP contribution in [0.3, 0.4) is 0 Å². The lowest BCUT2D eigenvalue weighted by Crippen LogP contribution is -2.53. The quantitative estimate of drug-likeness (QED) is 0.554. The smallest absolute Gasteiger partial charge is 0.156 e. The number of hydrogen-bond donors (Lipinski definition) is 1. The third kappa shape index (κ3) is 5.17. The van der Waals surface area contributed by atoms with E-state index in [1.807, 2.05) is 23.5 Å². The molecule has 172 valence electrons. The van der Waals surface area contributed by atoms with E-state index in [2.05, 4.69) is 48.3 Å². The van der Waals surface area contributed by atoms with Crippen LogP contribution in [0.4, 0.5) is 10.1 Å². The molecule has 3 heterocycles. The van der Waals surface area contributed by atoms with Gasteiger partial charge in [-0.25, -0.2) is 14.4 Å². The third-order valence-corrected chi connectivity index (χ3v) is 7.43. The fourth-order valence-corrected chi connectivity index (χ4v) is 5.96. The van der Waals surface area contributed by atoms with Crippen LogP contribution in [0.5, 0.6) is 0 Å². The summed E-state index contributed by atoms with van der Waals surface area (Å²) in [7, 11) is 0. The Morgan fingerprint density at radius 1 is 1.15 bits per heavy atom. The van der Waals surface area contributed by atoms with Gasteiger partial charge in [0.25, 0.3) is 0 Å². The van der Waals surface area contributed by atoms with E-state index in [9.17, 15) is 4.39 Å². The van der Waals surface area contributed by atoms with Crippen LogP contribution < -0.4 is 5.32 Å². The van der Waals surface area contributed by atoms with E-state index in [4.69, 9.17) is 9.98 Å². The van der Waals surface area contributed by atoms with Gasteiger partial charge in [0.05, 0.1) is 10.7 Å². The first-order valence-corrected chi connectivity index (χ1v) is 12.7. The summed E-state index contributed by atoms with van der Waals surface area (Å²) in [6.07, 6.45) is 3.85. The Bertz CT molecular complexity index is 1140. The number of aliphatic imine (C=N–C) groups is 1. The van der Waals surface area contributed by atoms with Crippen LogP contribution in [0.2, 0.25) is 0 Å². The topological polar surface area (TPSA) is 40.5 Å². The van der Waals surface area contributed by atoms with E-state index >= 15 is 0 Å². The summed E-state index contributed by atoms with van der Waals surface area (Å²) >= 11 is 1.85. The highest BCUT2D eigenvalue weighted by molar-refractivity contribution is 7.12. The Morgan fingerprint density at radius 2 is 1.97 bits per heavy atom. The Kier molecular flexibility index (Phi) is 6.56. The largest absolute Gasteiger partial charge is 0.352 e. The molecule has 2 aliphatic heterocycles. The number of hydrogen-bond acceptors (Lipinski definition) is 5. The Morgan fingerprint density at radius 3 is 2.79 bits per heavy atom. The summed E-state index contributed by atoms with van der Waals surface area (Å²) in [6, 6.07) is 15.7. The molecule has 33 heavy (non-hydrogen) atoms. The molecule has 1 N–H and O–H groups in total. The summed E-state index contributed by atoms with van der Waals surface area (Å²) in [6.45, 7) is 7.24. The monoisotopic (exact) mass is 462 g/mol. The standard InChI is InChI=1S/C27H31FN4S/c1-18(2)15-25-31-26-24(33-25)16-20-5-3-4-6-23(20)30-27(26)32-14-13-29-22(17-32)12-9-19-7-10-21(28)11-8-19/h3-8,10-11,18,22,29H,9,12-17H2,1-2H3/t22-/m0/s1. The van der Waals surface area contributed by atoms with Gasteiger partial charge in [0.15, 0.2) is 5.84 Å². The molecule has 5 rings (SSSR count). The van der Waals surface area contributed by atoms with Crippen molar-refractivity contribution in [1.82, 2.24) is 15.2 Å². The van der Waals surface area contributed by atoms with E-state index in [1.165, 1.54) is 21.0 Å². The lowest BCUT2D eigenvalue weighted by molar-refractivity contribution is 0.282.